The minimum absolute atomic E-state index is 0.272. The molecule has 1 aromatic heterocycles. The van der Waals surface area contributed by atoms with Crippen LogP contribution in [-0.4, -0.2) is 10.9 Å². The third-order valence-electron chi connectivity index (χ3n) is 2.39. The predicted molar refractivity (Wildman–Crippen MR) is 77.8 cm³/mol. The summed E-state index contributed by atoms with van der Waals surface area (Å²) in [6.45, 7) is 0. The smallest absolute Gasteiger partial charge is 0.248 e. The van der Waals surface area contributed by atoms with E-state index in [-0.39, 0.29) is 5.91 Å². The number of nitrogens with one attached hydrogen (secondary N) is 1. The minimum atomic E-state index is -0.272. The highest BCUT2D eigenvalue weighted by atomic mass is 35.5. The van der Waals surface area contributed by atoms with E-state index in [9.17, 15) is 4.79 Å². The number of carbonyl (C=O) groups excluding carboxylic acids is 1. The number of nitrogen functional groups attached to an aromatic ring is 1. The molecule has 0 unspecified atom stereocenters. The van der Waals surface area contributed by atoms with Crippen LogP contribution < -0.4 is 11.1 Å². The number of benzene rings is 1. The van der Waals surface area contributed by atoms with E-state index in [2.05, 4.69) is 10.3 Å². The average molecular weight is 274 g/mol. The summed E-state index contributed by atoms with van der Waals surface area (Å²) in [6.07, 6.45) is 6.17. The molecule has 0 saturated carbocycles. The van der Waals surface area contributed by atoms with E-state index >= 15 is 0 Å². The van der Waals surface area contributed by atoms with E-state index < -0.39 is 0 Å². The zero-order valence-corrected chi connectivity index (χ0v) is 10.8. The van der Waals surface area contributed by atoms with Crippen LogP contribution in [0.1, 0.15) is 5.56 Å². The standard InChI is InChI=1S/C14H12ClN3O/c15-12-7-8-17-9-13(12)18-14(19)6-3-10-1-4-11(16)5-2-10/h1-9H,16H2,(H,18,19)/b6-3+. The molecule has 0 radical (unpaired) electrons. The van der Waals surface area contributed by atoms with Crippen molar-refractivity contribution in [3.63, 3.8) is 0 Å². The minimum Gasteiger partial charge on any atom is -0.399 e. The maximum absolute atomic E-state index is 11.7. The first-order chi connectivity index (χ1) is 9.15. The van der Waals surface area contributed by atoms with Gasteiger partial charge in [-0.15, -0.1) is 0 Å². The molecule has 0 aliphatic carbocycles. The van der Waals surface area contributed by atoms with E-state index in [0.29, 0.717) is 16.4 Å². The zero-order valence-electron chi connectivity index (χ0n) is 10.0. The van der Waals surface area contributed by atoms with Crippen molar-refractivity contribution in [2.24, 2.45) is 0 Å². The summed E-state index contributed by atoms with van der Waals surface area (Å²) in [4.78, 5) is 15.6. The molecule has 0 atom stereocenters. The molecule has 4 nitrogen and oxygen atoms in total. The van der Waals surface area contributed by atoms with Crippen LogP contribution in [0.3, 0.4) is 0 Å². The Hall–Kier alpha value is -2.33. The number of pyridine rings is 1. The molecule has 2 aromatic rings. The second-order valence-corrected chi connectivity index (χ2v) is 4.25. The Morgan fingerprint density at radius 3 is 2.68 bits per heavy atom. The lowest BCUT2D eigenvalue weighted by atomic mass is 10.2. The van der Waals surface area contributed by atoms with Crippen molar-refractivity contribution in [1.82, 2.24) is 4.98 Å². The van der Waals surface area contributed by atoms with E-state index in [0.717, 1.165) is 5.56 Å². The summed E-state index contributed by atoms with van der Waals surface area (Å²) in [5.41, 5.74) is 7.63. The molecular formula is C14H12ClN3O. The summed E-state index contributed by atoms with van der Waals surface area (Å²) in [5.74, 6) is -0.272. The fraction of sp³-hybridized carbons (Fsp3) is 0. The number of halogens is 1. The predicted octanol–water partition coefficient (Wildman–Crippen LogP) is 2.97. The number of aromatic nitrogens is 1. The Labute approximate surface area is 115 Å². The molecule has 1 heterocycles. The lowest BCUT2D eigenvalue weighted by molar-refractivity contribution is -0.111. The number of anilines is 2. The van der Waals surface area contributed by atoms with Gasteiger partial charge in [-0.3, -0.25) is 9.78 Å². The molecule has 5 heteroatoms. The van der Waals surface area contributed by atoms with Gasteiger partial charge in [0.1, 0.15) is 0 Å². The third kappa shape index (κ3) is 3.82. The summed E-state index contributed by atoms with van der Waals surface area (Å²) in [6, 6.07) is 8.82. The van der Waals surface area contributed by atoms with Crippen LogP contribution in [0.5, 0.6) is 0 Å². The maximum Gasteiger partial charge on any atom is 0.248 e. The first-order valence-electron chi connectivity index (χ1n) is 5.59. The van der Waals surface area contributed by atoms with Crippen LogP contribution in [0.25, 0.3) is 6.08 Å². The summed E-state index contributed by atoms with van der Waals surface area (Å²) < 4.78 is 0. The number of rotatable bonds is 3. The first kappa shape index (κ1) is 13.1. The molecule has 96 valence electrons. The fourth-order valence-electron chi connectivity index (χ4n) is 1.42. The summed E-state index contributed by atoms with van der Waals surface area (Å²) in [5, 5.41) is 3.10. The van der Waals surface area contributed by atoms with Crippen molar-refractivity contribution in [2.45, 2.75) is 0 Å². The first-order valence-corrected chi connectivity index (χ1v) is 5.97. The molecule has 0 saturated heterocycles. The highest BCUT2D eigenvalue weighted by Crippen LogP contribution is 2.19. The van der Waals surface area contributed by atoms with Gasteiger partial charge >= 0.3 is 0 Å². The van der Waals surface area contributed by atoms with Crippen LogP contribution in [0, 0.1) is 0 Å². The van der Waals surface area contributed by atoms with Crippen LogP contribution in [-0.2, 0) is 4.79 Å². The van der Waals surface area contributed by atoms with Gasteiger partial charge in [0, 0.05) is 18.0 Å². The molecule has 0 bridgehead atoms. The van der Waals surface area contributed by atoms with Gasteiger partial charge in [-0.1, -0.05) is 23.7 Å². The topological polar surface area (TPSA) is 68.0 Å². The highest BCUT2D eigenvalue weighted by Gasteiger charge is 2.02. The van der Waals surface area contributed by atoms with Crippen molar-refractivity contribution < 1.29 is 4.79 Å². The Bertz CT molecular complexity index is 608. The van der Waals surface area contributed by atoms with Crippen LogP contribution in [0.2, 0.25) is 5.02 Å². The fourth-order valence-corrected chi connectivity index (χ4v) is 1.58. The van der Waals surface area contributed by atoms with Crippen molar-refractivity contribution >= 4 is 35.0 Å². The van der Waals surface area contributed by atoms with Crippen molar-refractivity contribution in [1.29, 1.82) is 0 Å². The molecule has 0 aliphatic heterocycles. The summed E-state index contributed by atoms with van der Waals surface area (Å²) >= 11 is 5.91. The SMILES string of the molecule is Nc1ccc(/C=C/C(=O)Nc2cnccc2Cl)cc1. The lowest BCUT2D eigenvalue weighted by Crippen LogP contribution is -2.08. The molecule has 3 N–H and O–H groups in total. The van der Waals surface area contributed by atoms with E-state index in [1.807, 2.05) is 12.1 Å². The van der Waals surface area contributed by atoms with Gasteiger partial charge in [0.2, 0.25) is 5.91 Å². The number of hydrogen-bond acceptors (Lipinski definition) is 3. The zero-order chi connectivity index (χ0) is 13.7. The van der Waals surface area contributed by atoms with Crippen molar-refractivity contribution in [2.75, 3.05) is 11.1 Å². The molecule has 0 aliphatic rings. The van der Waals surface area contributed by atoms with Crippen LogP contribution >= 0.6 is 11.6 Å². The van der Waals surface area contributed by atoms with Gasteiger partial charge in [0.05, 0.1) is 16.9 Å². The second kappa shape index (κ2) is 6.02. The number of hydrogen-bond donors (Lipinski definition) is 2. The summed E-state index contributed by atoms with van der Waals surface area (Å²) in [7, 11) is 0. The number of carbonyl (C=O) groups is 1. The van der Waals surface area contributed by atoms with Crippen LogP contribution in [0.4, 0.5) is 11.4 Å². The normalized spacial score (nSPS) is 10.6. The Morgan fingerprint density at radius 1 is 1.26 bits per heavy atom. The lowest BCUT2D eigenvalue weighted by Gasteiger charge is -2.03. The molecule has 1 amide bonds. The molecule has 0 fully saturated rings. The molecule has 0 spiro atoms. The van der Waals surface area contributed by atoms with Crippen LogP contribution in [0.15, 0.2) is 48.8 Å². The van der Waals surface area contributed by atoms with Gasteiger partial charge in [-0.25, -0.2) is 0 Å². The second-order valence-electron chi connectivity index (χ2n) is 3.84. The monoisotopic (exact) mass is 273 g/mol. The maximum atomic E-state index is 11.7. The molecule has 19 heavy (non-hydrogen) atoms. The van der Waals surface area contributed by atoms with Gasteiger partial charge in [-0.05, 0) is 29.8 Å². The van der Waals surface area contributed by atoms with Gasteiger partial charge in [-0.2, -0.15) is 0 Å². The number of nitrogens with two attached hydrogens (primary N) is 1. The molecular weight excluding hydrogens is 262 g/mol. The van der Waals surface area contributed by atoms with Crippen molar-refractivity contribution in [3.8, 4) is 0 Å². The quantitative estimate of drug-likeness (QED) is 0.667. The van der Waals surface area contributed by atoms with Gasteiger partial charge < -0.3 is 11.1 Å². The van der Waals surface area contributed by atoms with Gasteiger partial charge in [0.15, 0.2) is 0 Å². The number of amides is 1. The Kier molecular flexibility index (Phi) is 4.15. The Balaban J connectivity index is 2.02. The highest BCUT2D eigenvalue weighted by molar-refractivity contribution is 6.33. The van der Waals surface area contributed by atoms with E-state index in [4.69, 9.17) is 17.3 Å². The van der Waals surface area contributed by atoms with E-state index in [1.165, 1.54) is 12.3 Å². The average Bonchev–Trinajstić information content (AvgIpc) is 2.41. The number of nitrogens with zero attached hydrogens (tertiary/aromatic N) is 1. The molecule has 1 aromatic carbocycles. The molecule has 2 rings (SSSR count). The van der Waals surface area contributed by atoms with Crippen molar-refractivity contribution in [3.05, 3.63) is 59.4 Å². The third-order valence-corrected chi connectivity index (χ3v) is 2.72. The Morgan fingerprint density at radius 2 is 2.00 bits per heavy atom. The van der Waals surface area contributed by atoms with E-state index in [1.54, 1.807) is 30.5 Å². The van der Waals surface area contributed by atoms with Gasteiger partial charge in [0.25, 0.3) is 0 Å². The largest absolute Gasteiger partial charge is 0.399 e.